The monoisotopic (exact) mass is 342 g/mol. The number of hydrogen-bond acceptors (Lipinski definition) is 3. The van der Waals surface area contributed by atoms with Crippen molar-refractivity contribution in [3.05, 3.63) is 34.9 Å². The molecule has 0 saturated heterocycles. The highest BCUT2D eigenvalue weighted by molar-refractivity contribution is 7.80. The van der Waals surface area contributed by atoms with E-state index in [2.05, 4.69) is 12.2 Å². The molecule has 22 heavy (non-hydrogen) atoms. The first-order chi connectivity index (χ1) is 10.5. The Morgan fingerprint density at radius 2 is 2.14 bits per heavy atom. The Kier molecular flexibility index (Phi) is 8.20. The van der Waals surface area contributed by atoms with Crippen LogP contribution in [0.4, 0.5) is 0 Å². The van der Waals surface area contributed by atoms with Gasteiger partial charge in [0.15, 0.2) is 5.11 Å². The molecule has 0 aliphatic carbocycles. The van der Waals surface area contributed by atoms with Gasteiger partial charge in [0, 0.05) is 24.2 Å². The van der Waals surface area contributed by atoms with E-state index >= 15 is 0 Å². The number of thiocarbonyl (C=S) groups is 1. The molecule has 0 aromatic heterocycles. The third-order valence-corrected chi connectivity index (χ3v) is 4.05. The van der Waals surface area contributed by atoms with E-state index in [-0.39, 0.29) is 18.4 Å². The topological polar surface area (TPSA) is 41.6 Å². The van der Waals surface area contributed by atoms with E-state index in [0.717, 1.165) is 18.5 Å². The second kappa shape index (κ2) is 9.64. The molecule has 0 saturated carbocycles. The van der Waals surface area contributed by atoms with Crippen molar-refractivity contribution in [1.82, 2.24) is 10.2 Å². The summed E-state index contributed by atoms with van der Waals surface area (Å²) >= 11 is 11.7. The molecule has 1 atom stereocenters. The molecule has 1 unspecified atom stereocenters. The van der Waals surface area contributed by atoms with Crippen molar-refractivity contribution in [1.29, 1.82) is 0 Å². The van der Waals surface area contributed by atoms with E-state index in [1.165, 1.54) is 7.11 Å². The molecule has 1 aromatic rings. The molecule has 1 aromatic carbocycles. The number of esters is 1. The van der Waals surface area contributed by atoms with Crippen LogP contribution in [0.5, 0.6) is 0 Å². The highest BCUT2D eigenvalue weighted by Crippen LogP contribution is 2.19. The SMILES string of the molecule is CCCNC(=S)N(Cc1ccccc1Cl)C(C)CC(=O)OC. The number of nitrogens with zero attached hydrogens (tertiary/aromatic N) is 1. The number of carbonyl (C=O) groups is 1. The molecule has 1 rings (SSSR count). The Balaban J connectivity index is 2.88. The van der Waals surface area contributed by atoms with Crippen molar-refractivity contribution in [2.75, 3.05) is 13.7 Å². The van der Waals surface area contributed by atoms with Gasteiger partial charge in [-0.15, -0.1) is 0 Å². The standard InChI is InChI=1S/C16H23ClN2O2S/c1-4-9-18-16(22)19(12(2)10-15(20)21-3)11-13-7-5-6-8-14(13)17/h5-8,12H,4,9-11H2,1-3H3,(H,18,22). The summed E-state index contributed by atoms with van der Waals surface area (Å²) in [7, 11) is 1.39. The molecule has 0 spiro atoms. The van der Waals surface area contributed by atoms with Gasteiger partial charge in [-0.1, -0.05) is 36.7 Å². The molecular formula is C16H23ClN2O2S. The zero-order valence-electron chi connectivity index (χ0n) is 13.3. The van der Waals surface area contributed by atoms with E-state index in [9.17, 15) is 4.79 Å². The lowest BCUT2D eigenvalue weighted by atomic mass is 10.1. The lowest BCUT2D eigenvalue weighted by Gasteiger charge is -2.31. The van der Waals surface area contributed by atoms with E-state index in [1.54, 1.807) is 0 Å². The highest BCUT2D eigenvalue weighted by atomic mass is 35.5. The van der Waals surface area contributed by atoms with Gasteiger partial charge in [-0.3, -0.25) is 4.79 Å². The summed E-state index contributed by atoms with van der Waals surface area (Å²) < 4.78 is 4.75. The maximum Gasteiger partial charge on any atom is 0.307 e. The Morgan fingerprint density at radius 1 is 1.45 bits per heavy atom. The average molecular weight is 343 g/mol. The molecule has 1 N–H and O–H groups in total. The fourth-order valence-corrected chi connectivity index (χ4v) is 2.55. The third-order valence-electron chi connectivity index (χ3n) is 3.31. The van der Waals surface area contributed by atoms with Crippen LogP contribution in [-0.2, 0) is 16.1 Å². The number of ether oxygens (including phenoxy) is 1. The maximum absolute atomic E-state index is 11.5. The van der Waals surface area contributed by atoms with Gasteiger partial charge in [0.25, 0.3) is 0 Å². The van der Waals surface area contributed by atoms with Crippen LogP contribution in [0.3, 0.4) is 0 Å². The van der Waals surface area contributed by atoms with Crippen LogP contribution >= 0.6 is 23.8 Å². The first-order valence-corrected chi connectivity index (χ1v) is 8.12. The smallest absolute Gasteiger partial charge is 0.307 e. The minimum atomic E-state index is -0.255. The van der Waals surface area contributed by atoms with Crippen LogP contribution in [0.25, 0.3) is 0 Å². The van der Waals surface area contributed by atoms with Gasteiger partial charge in [-0.05, 0) is 37.2 Å². The van der Waals surface area contributed by atoms with Crippen molar-refractivity contribution in [2.45, 2.75) is 39.3 Å². The maximum atomic E-state index is 11.5. The van der Waals surface area contributed by atoms with Crippen LogP contribution in [0.1, 0.15) is 32.3 Å². The van der Waals surface area contributed by atoms with Crippen LogP contribution in [0, 0.1) is 0 Å². The van der Waals surface area contributed by atoms with Crippen LogP contribution in [-0.4, -0.2) is 35.7 Å². The molecule has 0 aliphatic heterocycles. The minimum Gasteiger partial charge on any atom is -0.469 e. The fraction of sp³-hybridized carbons (Fsp3) is 0.500. The zero-order chi connectivity index (χ0) is 16.5. The van der Waals surface area contributed by atoms with Crippen molar-refractivity contribution in [3.63, 3.8) is 0 Å². The van der Waals surface area contributed by atoms with Gasteiger partial charge in [-0.2, -0.15) is 0 Å². The van der Waals surface area contributed by atoms with Gasteiger partial charge < -0.3 is 15.0 Å². The lowest BCUT2D eigenvalue weighted by Crippen LogP contribution is -2.45. The van der Waals surface area contributed by atoms with Crippen molar-refractivity contribution < 1.29 is 9.53 Å². The van der Waals surface area contributed by atoms with Crippen molar-refractivity contribution in [3.8, 4) is 0 Å². The number of nitrogens with one attached hydrogen (secondary N) is 1. The molecule has 0 radical (unpaired) electrons. The summed E-state index contributed by atoms with van der Waals surface area (Å²) in [6, 6.07) is 7.56. The molecule has 122 valence electrons. The minimum absolute atomic E-state index is 0.0828. The highest BCUT2D eigenvalue weighted by Gasteiger charge is 2.21. The number of benzene rings is 1. The summed E-state index contributed by atoms with van der Waals surface area (Å²) in [5.74, 6) is -0.255. The van der Waals surface area contributed by atoms with E-state index in [0.29, 0.717) is 16.7 Å². The number of hydrogen-bond donors (Lipinski definition) is 1. The molecule has 0 heterocycles. The zero-order valence-corrected chi connectivity index (χ0v) is 14.8. The summed E-state index contributed by atoms with van der Waals surface area (Å²) in [5, 5.41) is 4.52. The first kappa shape index (κ1) is 18.7. The molecule has 0 bridgehead atoms. The molecule has 6 heteroatoms. The van der Waals surface area contributed by atoms with E-state index in [1.807, 2.05) is 36.1 Å². The second-order valence-corrected chi connectivity index (χ2v) is 5.87. The van der Waals surface area contributed by atoms with E-state index < -0.39 is 0 Å². The van der Waals surface area contributed by atoms with Gasteiger partial charge in [0.2, 0.25) is 0 Å². The van der Waals surface area contributed by atoms with Gasteiger partial charge in [0.1, 0.15) is 0 Å². The van der Waals surface area contributed by atoms with Gasteiger partial charge in [0.05, 0.1) is 13.5 Å². The molecule has 4 nitrogen and oxygen atoms in total. The van der Waals surface area contributed by atoms with Crippen LogP contribution in [0.2, 0.25) is 5.02 Å². The number of methoxy groups -OCH3 is 1. The Hall–Kier alpha value is -1.33. The predicted octanol–water partition coefficient (Wildman–Crippen LogP) is 3.38. The quantitative estimate of drug-likeness (QED) is 0.607. The normalized spacial score (nSPS) is 11.6. The molecule has 0 fully saturated rings. The number of rotatable bonds is 7. The summed E-state index contributed by atoms with van der Waals surface area (Å²) in [4.78, 5) is 13.5. The fourth-order valence-electron chi connectivity index (χ4n) is 2.01. The van der Waals surface area contributed by atoms with Crippen molar-refractivity contribution >= 4 is 34.9 Å². The molecule has 0 amide bonds. The number of carbonyl (C=O) groups excluding carboxylic acids is 1. The second-order valence-electron chi connectivity index (χ2n) is 5.08. The largest absolute Gasteiger partial charge is 0.469 e. The van der Waals surface area contributed by atoms with Crippen molar-refractivity contribution in [2.24, 2.45) is 0 Å². The van der Waals surface area contributed by atoms with E-state index in [4.69, 9.17) is 28.6 Å². The lowest BCUT2D eigenvalue weighted by molar-refractivity contribution is -0.141. The van der Waals surface area contributed by atoms with Crippen LogP contribution < -0.4 is 5.32 Å². The number of halogens is 1. The third kappa shape index (κ3) is 5.81. The van der Waals surface area contributed by atoms with Gasteiger partial charge in [-0.25, -0.2) is 0 Å². The Labute approximate surface area is 142 Å². The van der Waals surface area contributed by atoms with Crippen LogP contribution in [0.15, 0.2) is 24.3 Å². The predicted molar refractivity (Wildman–Crippen MR) is 94.0 cm³/mol. The molecule has 0 aliphatic rings. The average Bonchev–Trinajstić information content (AvgIpc) is 2.51. The Bertz CT molecular complexity index is 511. The summed E-state index contributed by atoms with van der Waals surface area (Å²) in [6.07, 6.45) is 1.25. The Morgan fingerprint density at radius 3 is 2.73 bits per heavy atom. The molecular weight excluding hydrogens is 320 g/mol. The van der Waals surface area contributed by atoms with Gasteiger partial charge >= 0.3 is 5.97 Å². The summed E-state index contributed by atoms with van der Waals surface area (Å²) in [6.45, 7) is 5.37. The first-order valence-electron chi connectivity index (χ1n) is 7.34. The summed E-state index contributed by atoms with van der Waals surface area (Å²) in [5.41, 5.74) is 0.974.